The second kappa shape index (κ2) is 3.82. The maximum Gasteiger partial charge on any atom is 0.0876 e. The molecule has 0 radical (unpaired) electrons. The molecule has 2 heteroatoms. The van der Waals surface area contributed by atoms with E-state index in [0.717, 1.165) is 37.2 Å². The van der Waals surface area contributed by atoms with Crippen LogP contribution in [0.4, 0.5) is 0 Å². The van der Waals surface area contributed by atoms with Gasteiger partial charge in [-0.2, -0.15) is 0 Å². The second-order valence-electron chi connectivity index (χ2n) is 5.38. The monoisotopic (exact) mass is 207 g/mol. The maximum atomic E-state index is 6.37. The zero-order chi connectivity index (χ0) is 10.3. The highest BCUT2D eigenvalue weighted by Gasteiger charge is 2.53. The first-order valence-corrected chi connectivity index (χ1v) is 6.44. The smallest absolute Gasteiger partial charge is 0.0876 e. The normalized spacial score (nSPS) is 41.1. The van der Waals surface area contributed by atoms with E-state index < -0.39 is 0 Å². The quantitative estimate of drug-likeness (QED) is 0.755. The minimum Gasteiger partial charge on any atom is -0.501 e. The fraction of sp³-hybridized carbons (Fsp3) is 0.846. The molecule has 2 fully saturated rings. The topological polar surface area (TPSA) is 35.2 Å². The van der Waals surface area contributed by atoms with Crippen molar-refractivity contribution in [2.24, 2.45) is 23.5 Å². The molecule has 0 bridgehead atoms. The minimum atomic E-state index is 0.304. The van der Waals surface area contributed by atoms with Crippen molar-refractivity contribution < 1.29 is 4.74 Å². The van der Waals surface area contributed by atoms with Gasteiger partial charge in [0.1, 0.15) is 0 Å². The molecule has 3 rings (SSSR count). The number of ether oxygens (including phenoxy) is 1. The van der Waals surface area contributed by atoms with Crippen LogP contribution in [0, 0.1) is 17.8 Å². The summed E-state index contributed by atoms with van der Waals surface area (Å²) in [6, 6.07) is 0.304. The van der Waals surface area contributed by atoms with Gasteiger partial charge in [0.05, 0.1) is 12.9 Å². The molecule has 0 amide bonds. The SMILES string of the molecule is NC(C1=COCCC1)C1C2CCCCC21. The van der Waals surface area contributed by atoms with Crippen molar-refractivity contribution in [3.8, 4) is 0 Å². The van der Waals surface area contributed by atoms with Gasteiger partial charge in [-0.1, -0.05) is 12.8 Å². The highest BCUT2D eigenvalue weighted by Crippen LogP contribution is 2.57. The summed E-state index contributed by atoms with van der Waals surface area (Å²) in [6.07, 6.45) is 9.98. The standard InChI is InChI=1S/C13H21NO/c14-13(9-4-3-7-15-8-9)12-10-5-1-2-6-11(10)12/h8,10-13H,1-7,14H2. The van der Waals surface area contributed by atoms with Gasteiger partial charge in [0.25, 0.3) is 0 Å². The summed E-state index contributed by atoms with van der Waals surface area (Å²) in [5.41, 5.74) is 7.74. The minimum absolute atomic E-state index is 0.304. The summed E-state index contributed by atoms with van der Waals surface area (Å²) in [5, 5.41) is 0. The third kappa shape index (κ3) is 1.69. The Hall–Kier alpha value is -0.500. The lowest BCUT2D eigenvalue weighted by Gasteiger charge is -2.20. The summed E-state index contributed by atoms with van der Waals surface area (Å²) in [6.45, 7) is 0.883. The summed E-state index contributed by atoms with van der Waals surface area (Å²) in [5.74, 6) is 2.70. The number of fused-ring (bicyclic) bond motifs is 1. The van der Waals surface area contributed by atoms with Crippen LogP contribution < -0.4 is 5.73 Å². The van der Waals surface area contributed by atoms with Gasteiger partial charge in [-0.25, -0.2) is 0 Å². The maximum absolute atomic E-state index is 6.37. The van der Waals surface area contributed by atoms with Crippen LogP contribution >= 0.6 is 0 Å². The van der Waals surface area contributed by atoms with E-state index in [2.05, 4.69) is 0 Å². The zero-order valence-corrected chi connectivity index (χ0v) is 9.32. The Morgan fingerprint density at radius 1 is 1.20 bits per heavy atom. The first kappa shape index (κ1) is 9.71. The summed E-state index contributed by atoms with van der Waals surface area (Å²) >= 11 is 0. The Morgan fingerprint density at radius 2 is 1.93 bits per heavy atom. The van der Waals surface area contributed by atoms with E-state index in [4.69, 9.17) is 10.5 Å². The van der Waals surface area contributed by atoms with Crippen molar-refractivity contribution in [2.75, 3.05) is 6.61 Å². The third-order valence-electron chi connectivity index (χ3n) is 4.53. The van der Waals surface area contributed by atoms with Crippen LogP contribution in [0.1, 0.15) is 38.5 Å². The van der Waals surface area contributed by atoms with Crippen molar-refractivity contribution in [3.63, 3.8) is 0 Å². The Morgan fingerprint density at radius 3 is 2.53 bits per heavy atom. The van der Waals surface area contributed by atoms with E-state index in [-0.39, 0.29) is 0 Å². The van der Waals surface area contributed by atoms with Crippen LogP contribution in [0.3, 0.4) is 0 Å². The predicted octanol–water partition coefficient (Wildman–Crippen LogP) is 2.44. The molecule has 0 spiro atoms. The van der Waals surface area contributed by atoms with Crippen molar-refractivity contribution >= 4 is 0 Å². The lowest BCUT2D eigenvalue weighted by molar-refractivity contribution is 0.219. The highest BCUT2D eigenvalue weighted by molar-refractivity contribution is 5.18. The zero-order valence-electron chi connectivity index (χ0n) is 9.32. The van der Waals surface area contributed by atoms with Gasteiger partial charge in [0.2, 0.25) is 0 Å². The molecule has 84 valence electrons. The molecule has 1 heterocycles. The van der Waals surface area contributed by atoms with Crippen molar-refractivity contribution in [1.29, 1.82) is 0 Å². The average molecular weight is 207 g/mol. The molecule has 1 aliphatic heterocycles. The van der Waals surface area contributed by atoms with Gasteiger partial charge < -0.3 is 10.5 Å². The summed E-state index contributed by atoms with van der Waals surface area (Å²) < 4.78 is 5.39. The third-order valence-corrected chi connectivity index (χ3v) is 4.53. The molecule has 3 unspecified atom stereocenters. The van der Waals surface area contributed by atoms with Crippen LogP contribution in [-0.4, -0.2) is 12.6 Å². The first-order chi connectivity index (χ1) is 7.38. The van der Waals surface area contributed by atoms with Gasteiger partial charge >= 0.3 is 0 Å². The van der Waals surface area contributed by atoms with Crippen LogP contribution in [-0.2, 0) is 4.74 Å². The van der Waals surface area contributed by atoms with Crippen molar-refractivity contribution in [2.45, 2.75) is 44.6 Å². The van der Waals surface area contributed by atoms with Gasteiger partial charge in [0, 0.05) is 6.04 Å². The molecular weight excluding hydrogens is 186 g/mol. The summed E-state index contributed by atoms with van der Waals surface area (Å²) in [4.78, 5) is 0. The van der Waals surface area contributed by atoms with E-state index in [1.807, 2.05) is 6.26 Å². The van der Waals surface area contributed by atoms with E-state index in [1.165, 1.54) is 31.3 Å². The molecule has 3 atom stereocenters. The fourth-order valence-electron chi connectivity index (χ4n) is 3.66. The molecule has 2 nitrogen and oxygen atoms in total. The molecular formula is C13H21NO. The van der Waals surface area contributed by atoms with E-state index >= 15 is 0 Å². The van der Waals surface area contributed by atoms with E-state index in [0.29, 0.717) is 6.04 Å². The number of nitrogens with two attached hydrogens (primary N) is 1. The Kier molecular flexibility index (Phi) is 2.47. The van der Waals surface area contributed by atoms with E-state index in [1.54, 1.807) is 0 Å². The summed E-state index contributed by atoms with van der Waals surface area (Å²) in [7, 11) is 0. The van der Waals surface area contributed by atoms with Crippen LogP contribution in [0.2, 0.25) is 0 Å². The van der Waals surface area contributed by atoms with Crippen molar-refractivity contribution in [1.82, 2.24) is 0 Å². The molecule has 0 aromatic carbocycles. The molecule has 0 aromatic heterocycles. The van der Waals surface area contributed by atoms with Gasteiger partial charge in [-0.05, 0) is 49.0 Å². The Labute approximate surface area is 91.9 Å². The molecule has 2 aliphatic carbocycles. The molecule has 0 saturated heterocycles. The average Bonchev–Trinajstić information content (AvgIpc) is 3.03. The second-order valence-corrected chi connectivity index (χ2v) is 5.38. The van der Waals surface area contributed by atoms with Gasteiger partial charge in [0.15, 0.2) is 0 Å². The molecule has 2 N–H and O–H groups in total. The largest absolute Gasteiger partial charge is 0.501 e. The Balaban J connectivity index is 1.65. The number of hydrogen-bond acceptors (Lipinski definition) is 2. The van der Waals surface area contributed by atoms with Crippen LogP contribution in [0.5, 0.6) is 0 Å². The lowest BCUT2D eigenvalue weighted by Crippen LogP contribution is -2.28. The highest BCUT2D eigenvalue weighted by atomic mass is 16.5. The van der Waals surface area contributed by atoms with Gasteiger partial charge in [-0.3, -0.25) is 0 Å². The van der Waals surface area contributed by atoms with Crippen molar-refractivity contribution in [3.05, 3.63) is 11.8 Å². The van der Waals surface area contributed by atoms with Crippen LogP contribution in [0.25, 0.3) is 0 Å². The fourth-order valence-corrected chi connectivity index (χ4v) is 3.66. The molecule has 3 aliphatic rings. The first-order valence-electron chi connectivity index (χ1n) is 6.44. The lowest BCUT2D eigenvalue weighted by atomic mass is 9.97. The molecule has 15 heavy (non-hydrogen) atoms. The van der Waals surface area contributed by atoms with Gasteiger partial charge in [-0.15, -0.1) is 0 Å². The number of hydrogen-bond donors (Lipinski definition) is 1. The molecule has 0 aromatic rings. The molecule has 2 saturated carbocycles. The van der Waals surface area contributed by atoms with Crippen LogP contribution in [0.15, 0.2) is 11.8 Å². The number of rotatable bonds is 2. The van der Waals surface area contributed by atoms with E-state index in [9.17, 15) is 0 Å². The predicted molar refractivity (Wildman–Crippen MR) is 60.2 cm³/mol. The Bertz CT molecular complexity index is 262.